The number of rotatable bonds is 7. The number of likely N-dealkylation sites (N-methyl/N-ethyl adjacent to an activating group) is 1. The molecular formula is C25H27N3O3. The number of aromatic amines is 1. The highest BCUT2D eigenvalue weighted by Crippen LogP contribution is 2.33. The van der Waals surface area contributed by atoms with E-state index in [-0.39, 0.29) is 25.0 Å². The van der Waals surface area contributed by atoms with Gasteiger partial charge in [0.15, 0.2) is 0 Å². The Bertz CT molecular complexity index is 1190. The second-order valence-electron chi connectivity index (χ2n) is 8.06. The molecule has 6 nitrogen and oxygen atoms in total. The summed E-state index contributed by atoms with van der Waals surface area (Å²) in [6.07, 6.45) is 2.51. The molecule has 160 valence electrons. The van der Waals surface area contributed by atoms with Gasteiger partial charge in [-0.05, 0) is 43.0 Å². The van der Waals surface area contributed by atoms with Gasteiger partial charge in [-0.1, -0.05) is 42.0 Å². The van der Waals surface area contributed by atoms with Crippen LogP contribution in [0.25, 0.3) is 16.5 Å². The number of para-hydroxylation sites is 1. The minimum Gasteiger partial charge on any atom is -0.395 e. The van der Waals surface area contributed by atoms with Crippen molar-refractivity contribution in [2.24, 2.45) is 0 Å². The molecule has 0 radical (unpaired) electrons. The van der Waals surface area contributed by atoms with Crippen molar-refractivity contribution >= 4 is 28.3 Å². The van der Waals surface area contributed by atoms with Gasteiger partial charge in [0.05, 0.1) is 12.2 Å². The molecule has 0 bridgehead atoms. The number of carbonyl (C=O) groups excluding carboxylic acids is 2. The zero-order valence-electron chi connectivity index (χ0n) is 18.1. The van der Waals surface area contributed by atoms with Crippen molar-refractivity contribution in [1.29, 1.82) is 0 Å². The molecule has 3 aromatic rings. The number of hydrogen-bond donors (Lipinski definition) is 2. The SMILES string of the molecule is Cc1ccc(C2=C(N(C)CCO)C(=O)N(CCc3c[nH]c4ccccc34)C2=O)c(C)c1. The quantitative estimate of drug-likeness (QED) is 0.580. The van der Waals surface area contributed by atoms with Gasteiger partial charge in [-0.3, -0.25) is 14.5 Å². The number of carbonyl (C=O) groups is 2. The Morgan fingerprint density at radius 3 is 2.58 bits per heavy atom. The van der Waals surface area contributed by atoms with E-state index in [0.29, 0.717) is 24.2 Å². The molecular weight excluding hydrogens is 390 g/mol. The van der Waals surface area contributed by atoms with Crippen LogP contribution in [0.15, 0.2) is 54.4 Å². The van der Waals surface area contributed by atoms with E-state index in [1.807, 2.05) is 62.5 Å². The van der Waals surface area contributed by atoms with Crippen LogP contribution in [-0.4, -0.2) is 58.4 Å². The Morgan fingerprint density at radius 2 is 1.84 bits per heavy atom. The average molecular weight is 418 g/mol. The van der Waals surface area contributed by atoms with Gasteiger partial charge in [-0.25, -0.2) is 0 Å². The van der Waals surface area contributed by atoms with Crippen LogP contribution < -0.4 is 0 Å². The first-order valence-electron chi connectivity index (χ1n) is 10.5. The summed E-state index contributed by atoms with van der Waals surface area (Å²) in [6, 6.07) is 13.9. The van der Waals surface area contributed by atoms with Gasteiger partial charge in [0.25, 0.3) is 11.8 Å². The van der Waals surface area contributed by atoms with E-state index in [0.717, 1.165) is 33.2 Å². The first kappa shape index (κ1) is 20.9. The van der Waals surface area contributed by atoms with E-state index in [1.165, 1.54) is 4.90 Å². The number of fused-ring (bicyclic) bond motifs is 1. The van der Waals surface area contributed by atoms with Crippen LogP contribution in [0.3, 0.4) is 0 Å². The number of aryl methyl sites for hydroxylation is 2. The Labute approximate surface area is 181 Å². The predicted molar refractivity (Wildman–Crippen MR) is 121 cm³/mol. The number of amides is 2. The van der Waals surface area contributed by atoms with Crippen LogP contribution >= 0.6 is 0 Å². The van der Waals surface area contributed by atoms with Gasteiger partial charge in [-0.2, -0.15) is 0 Å². The Kier molecular flexibility index (Phi) is 5.65. The van der Waals surface area contributed by atoms with Crippen molar-refractivity contribution in [3.8, 4) is 0 Å². The summed E-state index contributed by atoms with van der Waals surface area (Å²) >= 11 is 0. The first-order valence-corrected chi connectivity index (χ1v) is 10.5. The number of hydrogen-bond acceptors (Lipinski definition) is 4. The normalized spacial score (nSPS) is 14.3. The zero-order chi connectivity index (χ0) is 22.1. The number of nitrogens with zero attached hydrogens (tertiary/aromatic N) is 2. The molecule has 1 aromatic heterocycles. The summed E-state index contributed by atoms with van der Waals surface area (Å²) in [7, 11) is 1.74. The van der Waals surface area contributed by atoms with Crippen molar-refractivity contribution in [2.75, 3.05) is 26.7 Å². The molecule has 0 saturated heterocycles. The van der Waals surface area contributed by atoms with Gasteiger partial charge in [0.2, 0.25) is 0 Å². The summed E-state index contributed by atoms with van der Waals surface area (Å²) in [4.78, 5) is 33.0. The maximum absolute atomic E-state index is 13.4. The van der Waals surface area contributed by atoms with Crippen molar-refractivity contribution in [3.05, 3.63) is 76.6 Å². The number of aromatic nitrogens is 1. The second kappa shape index (κ2) is 8.40. The number of aliphatic hydroxyl groups excluding tert-OH is 1. The number of nitrogens with one attached hydrogen (secondary N) is 1. The first-order chi connectivity index (χ1) is 14.9. The third kappa shape index (κ3) is 3.75. The molecule has 0 saturated carbocycles. The second-order valence-corrected chi connectivity index (χ2v) is 8.06. The molecule has 2 heterocycles. The van der Waals surface area contributed by atoms with E-state index in [1.54, 1.807) is 11.9 Å². The largest absolute Gasteiger partial charge is 0.395 e. The number of imide groups is 1. The number of benzene rings is 2. The highest BCUT2D eigenvalue weighted by atomic mass is 16.3. The summed E-state index contributed by atoms with van der Waals surface area (Å²) in [5.74, 6) is -0.590. The van der Waals surface area contributed by atoms with Crippen molar-refractivity contribution in [3.63, 3.8) is 0 Å². The molecule has 1 aliphatic rings. The van der Waals surface area contributed by atoms with Crippen LogP contribution in [0.4, 0.5) is 0 Å². The van der Waals surface area contributed by atoms with Crippen molar-refractivity contribution < 1.29 is 14.7 Å². The molecule has 2 aromatic carbocycles. The summed E-state index contributed by atoms with van der Waals surface area (Å²) in [5.41, 5.74) is 5.68. The fraction of sp³-hybridized carbons (Fsp3) is 0.280. The molecule has 1 aliphatic heterocycles. The molecule has 0 unspecified atom stereocenters. The van der Waals surface area contributed by atoms with Gasteiger partial charge in [-0.15, -0.1) is 0 Å². The van der Waals surface area contributed by atoms with Crippen LogP contribution in [0, 0.1) is 13.8 Å². The smallest absolute Gasteiger partial charge is 0.277 e. The third-order valence-corrected chi connectivity index (χ3v) is 5.89. The fourth-order valence-corrected chi connectivity index (χ4v) is 4.29. The predicted octanol–water partition coefficient (Wildman–Crippen LogP) is 3.03. The highest BCUT2D eigenvalue weighted by Gasteiger charge is 2.40. The molecule has 6 heteroatoms. The monoisotopic (exact) mass is 417 g/mol. The minimum absolute atomic E-state index is 0.100. The third-order valence-electron chi connectivity index (χ3n) is 5.89. The van der Waals surface area contributed by atoms with Crippen LogP contribution in [0.2, 0.25) is 0 Å². The maximum Gasteiger partial charge on any atom is 0.277 e. The molecule has 2 N–H and O–H groups in total. The molecule has 0 fully saturated rings. The molecule has 0 atom stereocenters. The lowest BCUT2D eigenvalue weighted by Crippen LogP contribution is -2.36. The average Bonchev–Trinajstić information content (AvgIpc) is 3.25. The van der Waals surface area contributed by atoms with E-state index in [9.17, 15) is 14.7 Å². The number of aliphatic hydroxyl groups is 1. The summed E-state index contributed by atoms with van der Waals surface area (Å²) < 4.78 is 0. The van der Waals surface area contributed by atoms with Gasteiger partial charge < -0.3 is 15.0 Å². The highest BCUT2D eigenvalue weighted by molar-refractivity contribution is 6.35. The standard InChI is InChI=1S/C25H27N3O3/c1-16-8-9-19(17(2)14-16)22-23(27(3)12-13-29)25(31)28(24(22)30)11-10-18-15-26-21-7-5-4-6-20(18)21/h4-9,14-15,26,29H,10-13H2,1-3H3. The molecule has 4 rings (SSSR count). The van der Waals surface area contributed by atoms with Gasteiger partial charge in [0.1, 0.15) is 5.70 Å². The van der Waals surface area contributed by atoms with Crippen molar-refractivity contribution in [1.82, 2.24) is 14.8 Å². The van der Waals surface area contributed by atoms with Crippen LogP contribution in [-0.2, 0) is 16.0 Å². The van der Waals surface area contributed by atoms with Crippen molar-refractivity contribution in [2.45, 2.75) is 20.3 Å². The van der Waals surface area contributed by atoms with Crippen LogP contribution in [0.5, 0.6) is 0 Å². The number of H-pyrrole nitrogens is 1. The topological polar surface area (TPSA) is 76.6 Å². The van der Waals surface area contributed by atoms with Crippen LogP contribution in [0.1, 0.15) is 22.3 Å². The Morgan fingerprint density at radius 1 is 1.06 bits per heavy atom. The zero-order valence-corrected chi connectivity index (χ0v) is 18.1. The van der Waals surface area contributed by atoms with Gasteiger partial charge in [0, 0.05) is 37.2 Å². The molecule has 31 heavy (non-hydrogen) atoms. The maximum atomic E-state index is 13.4. The molecule has 0 spiro atoms. The lowest BCUT2D eigenvalue weighted by Gasteiger charge is -2.20. The lowest BCUT2D eigenvalue weighted by molar-refractivity contribution is -0.137. The summed E-state index contributed by atoms with van der Waals surface area (Å²) in [5, 5.41) is 10.5. The molecule has 0 aliphatic carbocycles. The summed E-state index contributed by atoms with van der Waals surface area (Å²) in [6.45, 7) is 4.42. The Hall–Kier alpha value is -3.38. The minimum atomic E-state index is -0.309. The Balaban J connectivity index is 1.67. The van der Waals surface area contributed by atoms with E-state index in [2.05, 4.69) is 4.98 Å². The van der Waals surface area contributed by atoms with E-state index >= 15 is 0 Å². The fourth-order valence-electron chi connectivity index (χ4n) is 4.29. The van der Waals surface area contributed by atoms with E-state index in [4.69, 9.17) is 0 Å². The lowest BCUT2D eigenvalue weighted by atomic mass is 9.97. The van der Waals surface area contributed by atoms with E-state index < -0.39 is 0 Å². The van der Waals surface area contributed by atoms with Gasteiger partial charge >= 0.3 is 0 Å². The molecule has 2 amide bonds.